The fraction of sp³-hybridized carbons (Fsp3) is 0. The fourth-order valence-corrected chi connectivity index (χ4v) is 3.48. The Bertz CT molecular complexity index is 1400. The smallest absolute Gasteiger partial charge is 0.376 e. The van der Waals surface area contributed by atoms with Gasteiger partial charge in [-0.2, -0.15) is 0 Å². The van der Waals surface area contributed by atoms with Crippen LogP contribution in [0.5, 0.6) is 0 Å². The van der Waals surface area contributed by atoms with Gasteiger partial charge >= 0.3 is 5.97 Å². The number of H-pyrrole nitrogens is 1. The number of aliphatic hydroxyl groups is 1. The molecule has 1 aromatic heterocycles. The van der Waals surface area contributed by atoms with Crippen molar-refractivity contribution < 1.29 is 24.7 Å². The number of carbonyl (C=O) groups excluding carboxylic acids is 1. The van der Waals surface area contributed by atoms with Crippen LogP contribution in [0.4, 0.5) is 17.2 Å². The van der Waals surface area contributed by atoms with Gasteiger partial charge in [0.1, 0.15) is 22.5 Å². The van der Waals surface area contributed by atoms with E-state index in [1.54, 1.807) is 0 Å². The van der Waals surface area contributed by atoms with E-state index in [4.69, 9.17) is 39.9 Å². The highest BCUT2D eigenvalue weighted by molar-refractivity contribution is 6.39. The van der Waals surface area contributed by atoms with Gasteiger partial charge in [0.05, 0.1) is 26.2 Å². The molecule has 0 aliphatic heterocycles. The Morgan fingerprint density at radius 3 is 2.38 bits per heavy atom. The van der Waals surface area contributed by atoms with Gasteiger partial charge in [-0.15, -0.1) is 0 Å². The van der Waals surface area contributed by atoms with Crippen LogP contribution < -0.4 is 10.7 Å². The molecular weight excluding hydrogens is 489 g/mol. The van der Waals surface area contributed by atoms with Crippen molar-refractivity contribution in [2.45, 2.75) is 0 Å². The third-order valence-electron chi connectivity index (χ3n) is 4.21. The van der Waals surface area contributed by atoms with Crippen LogP contribution in [-0.4, -0.2) is 31.9 Å². The molecule has 0 atom stereocenters. The van der Waals surface area contributed by atoms with Crippen LogP contribution in [0.1, 0.15) is 5.56 Å². The number of nitrogens with zero attached hydrogens (tertiary/aromatic N) is 1. The first-order chi connectivity index (χ1) is 15.0. The molecule has 0 aliphatic rings. The second-order valence-electron chi connectivity index (χ2n) is 6.23. The highest BCUT2D eigenvalue weighted by atomic mass is 35.5. The van der Waals surface area contributed by atoms with Gasteiger partial charge in [-0.1, -0.05) is 34.8 Å². The van der Waals surface area contributed by atoms with E-state index in [9.17, 15) is 29.6 Å². The number of nitro benzene ring substituents is 1. The van der Waals surface area contributed by atoms with Crippen molar-refractivity contribution in [2.24, 2.45) is 0 Å². The van der Waals surface area contributed by atoms with Crippen molar-refractivity contribution in [1.82, 2.24) is 4.98 Å². The number of hydrogen-bond acceptors (Lipinski definition) is 7. The maximum Gasteiger partial charge on any atom is 0.376 e. The lowest BCUT2D eigenvalue weighted by molar-refractivity contribution is -0.383. The van der Waals surface area contributed by atoms with Gasteiger partial charge in [-0.05, 0) is 24.3 Å². The Hall–Kier alpha value is -3.60. The molecule has 0 unspecified atom stereocenters. The SMILES string of the molecule is O=C(O)C(=O)/C=C(\O)c1c(Nc2ccc(Cl)cc2Cl)[nH]c2c(Cl)ccc([N+](=O)[O-])c2c1=O. The molecule has 2 aromatic carbocycles. The van der Waals surface area contributed by atoms with E-state index in [1.165, 1.54) is 24.3 Å². The maximum atomic E-state index is 13.2. The standard InChI is InChI=1S/C19H10Cl3N3O7/c20-7-1-3-10(9(22)5-7)23-18-15(12(26)6-13(27)19(29)30)17(28)14-11(25(31)32)4-2-8(21)16(14)24-18/h1-6,26H,(H,29,30)(H2,23,24,28)/b12-6-. The second-order valence-corrected chi connectivity index (χ2v) is 7.48. The van der Waals surface area contributed by atoms with Crippen LogP contribution in [0.3, 0.4) is 0 Å². The Morgan fingerprint density at radius 1 is 1.09 bits per heavy atom. The molecule has 0 amide bonds. The molecule has 164 valence electrons. The van der Waals surface area contributed by atoms with E-state index < -0.39 is 44.5 Å². The van der Waals surface area contributed by atoms with Crippen molar-refractivity contribution in [1.29, 1.82) is 0 Å². The molecule has 0 aliphatic carbocycles. The molecule has 32 heavy (non-hydrogen) atoms. The number of hydrogen-bond donors (Lipinski definition) is 4. The normalized spacial score (nSPS) is 11.4. The lowest BCUT2D eigenvalue weighted by Crippen LogP contribution is -2.17. The number of carbonyl (C=O) groups is 2. The van der Waals surface area contributed by atoms with E-state index in [1.807, 2.05) is 0 Å². The number of aromatic amines is 1. The number of nitro groups is 1. The Kier molecular flexibility index (Phi) is 6.40. The molecular formula is C19H10Cl3N3O7. The van der Waals surface area contributed by atoms with E-state index in [2.05, 4.69) is 10.3 Å². The van der Waals surface area contributed by atoms with Gasteiger partial charge in [0.15, 0.2) is 0 Å². The Labute approximate surface area is 192 Å². The van der Waals surface area contributed by atoms with Gasteiger partial charge in [0, 0.05) is 17.2 Å². The zero-order valence-electron chi connectivity index (χ0n) is 15.5. The fourth-order valence-electron chi connectivity index (χ4n) is 2.82. The molecule has 0 fully saturated rings. The van der Waals surface area contributed by atoms with E-state index in [0.717, 1.165) is 6.07 Å². The monoisotopic (exact) mass is 497 g/mol. The van der Waals surface area contributed by atoms with E-state index >= 15 is 0 Å². The summed E-state index contributed by atoms with van der Waals surface area (Å²) in [6.07, 6.45) is 0.295. The minimum absolute atomic E-state index is 0.0513. The molecule has 0 saturated carbocycles. The number of aliphatic hydroxyl groups excluding tert-OH is 1. The predicted octanol–water partition coefficient (Wildman–Crippen LogP) is 4.69. The first-order valence-electron chi connectivity index (χ1n) is 8.44. The first kappa shape index (κ1) is 23.1. The van der Waals surface area contributed by atoms with Crippen molar-refractivity contribution in [3.63, 3.8) is 0 Å². The Morgan fingerprint density at radius 2 is 1.78 bits per heavy atom. The largest absolute Gasteiger partial charge is 0.507 e. The summed E-state index contributed by atoms with van der Waals surface area (Å²) < 4.78 is 0. The van der Waals surface area contributed by atoms with Gasteiger partial charge in [-0.3, -0.25) is 19.7 Å². The average molecular weight is 499 g/mol. The number of carboxylic acids is 1. The van der Waals surface area contributed by atoms with Crippen molar-refractivity contribution in [3.05, 3.63) is 77.4 Å². The topological polar surface area (TPSA) is 163 Å². The number of carboxylic acid groups (broad SMARTS) is 1. The number of anilines is 2. The van der Waals surface area contributed by atoms with Crippen LogP contribution in [0.15, 0.2) is 41.2 Å². The first-order valence-corrected chi connectivity index (χ1v) is 9.58. The number of non-ortho nitro benzene ring substituents is 1. The number of aromatic nitrogens is 1. The predicted molar refractivity (Wildman–Crippen MR) is 119 cm³/mol. The quantitative estimate of drug-likeness (QED) is 0.125. The van der Waals surface area contributed by atoms with E-state index in [-0.39, 0.29) is 27.1 Å². The van der Waals surface area contributed by atoms with Crippen LogP contribution in [0.25, 0.3) is 16.7 Å². The molecule has 3 rings (SSSR count). The molecule has 13 heteroatoms. The summed E-state index contributed by atoms with van der Waals surface area (Å²) in [5.74, 6) is -4.74. The van der Waals surface area contributed by atoms with E-state index in [0.29, 0.717) is 11.1 Å². The number of benzene rings is 2. The van der Waals surface area contributed by atoms with Crippen LogP contribution in [0.2, 0.25) is 15.1 Å². The molecule has 0 spiro atoms. The number of rotatable bonds is 6. The van der Waals surface area contributed by atoms with Gasteiger partial charge in [0.25, 0.3) is 11.5 Å². The van der Waals surface area contributed by atoms with Gasteiger partial charge in [0.2, 0.25) is 5.43 Å². The lowest BCUT2D eigenvalue weighted by Gasteiger charge is -2.15. The zero-order chi connectivity index (χ0) is 23.7. The third-order valence-corrected chi connectivity index (χ3v) is 5.07. The molecule has 0 radical (unpaired) electrons. The van der Waals surface area contributed by atoms with Gasteiger partial charge < -0.3 is 20.5 Å². The number of ketones is 1. The maximum absolute atomic E-state index is 13.2. The lowest BCUT2D eigenvalue weighted by atomic mass is 10.1. The molecule has 0 bridgehead atoms. The minimum atomic E-state index is -1.89. The summed E-state index contributed by atoms with van der Waals surface area (Å²) >= 11 is 18.1. The van der Waals surface area contributed by atoms with Crippen LogP contribution in [0, 0.1) is 10.1 Å². The minimum Gasteiger partial charge on any atom is -0.507 e. The molecule has 3 aromatic rings. The summed E-state index contributed by atoms with van der Waals surface area (Å²) in [4.78, 5) is 48.9. The van der Waals surface area contributed by atoms with Crippen molar-refractivity contribution in [2.75, 3.05) is 5.32 Å². The molecule has 10 nitrogen and oxygen atoms in total. The summed E-state index contributed by atoms with van der Waals surface area (Å²) in [5.41, 5.74) is -2.30. The number of fused-ring (bicyclic) bond motifs is 1. The van der Waals surface area contributed by atoms with Gasteiger partial charge in [-0.25, -0.2) is 4.79 Å². The van der Waals surface area contributed by atoms with Crippen molar-refractivity contribution in [3.8, 4) is 0 Å². The highest BCUT2D eigenvalue weighted by Crippen LogP contribution is 2.34. The Balaban J connectivity index is 2.39. The molecule has 4 N–H and O–H groups in total. The summed E-state index contributed by atoms with van der Waals surface area (Å²) in [7, 11) is 0. The number of aliphatic carboxylic acids is 1. The summed E-state index contributed by atoms with van der Waals surface area (Å²) in [6.45, 7) is 0. The van der Waals surface area contributed by atoms with Crippen molar-refractivity contribution >= 4 is 80.4 Å². The van der Waals surface area contributed by atoms with Crippen LogP contribution in [-0.2, 0) is 9.59 Å². The van der Waals surface area contributed by atoms with Crippen LogP contribution >= 0.6 is 34.8 Å². The summed E-state index contributed by atoms with van der Waals surface area (Å²) in [6, 6.07) is 6.48. The number of halogens is 3. The molecule has 0 saturated heterocycles. The summed E-state index contributed by atoms with van der Waals surface area (Å²) in [5, 5.41) is 33.2. The highest BCUT2D eigenvalue weighted by Gasteiger charge is 2.25. The second kappa shape index (κ2) is 8.87. The number of nitrogens with one attached hydrogen (secondary N) is 2. The number of pyridine rings is 1. The molecule has 1 heterocycles. The zero-order valence-corrected chi connectivity index (χ0v) is 17.7. The average Bonchev–Trinajstić information content (AvgIpc) is 2.70. The third kappa shape index (κ3) is 4.37.